The number of rotatable bonds is 4. The lowest BCUT2D eigenvalue weighted by Gasteiger charge is -2.33. The molecular formula is C19H25FN2O3. The van der Waals surface area contributed by atoms with Gasteiger partial charge in [0.05, 0.1) is 26.4 Å². The number of hydrogen-bond donors (Lipinski definition) is 0. The molecule has 3 heterocycles. The number of nitrogens with zero attached hydrogens (tertiary/aromatic N) is 2. The Morgan fingerprint density at radius 3 is 3.00 bits per heavy atom. The van der Waals surface area contributed by atoms with E-state index in [2.05, 4.69) is 4.90 Å². The van der Waals surface area contributed by atoms with Crippen molar-refractivity contribution in [2.24, 2.45) is 17.8 Å². The number of hydroxylamine groups is 2. The summed E-state index contributed by atoms with van der Waals surface area (Å²) < 4.78 is 19.2. The number of likely N-dealkylation sites (tertiary alicyclic amines) is 1. The topological polar surface area (TPSA) is 42.0 Å². The van der Waals surface area contributed by atoms with Gasteiger partial charge < -0.3 is 4.74 Å². The van der Waals surface area contributed by atoms with Gasteiger partial charge in [0.25, 0.3) is 0 Å². The molecule has 0 saturated carbocycles. The van der Waals surface area contributed by atoms with Crippen LogP contribution in [0.2, 0.25) is 0 Å². The lowest BCUT2D eigenvalue weighted by Crippen LogP contribution is -2.38. The van der Waals surface area contributed by atoms with E-state index < -0.39 is 0 Å². The number of halogens is 1. The molecule has 0 bridgehead atoms. The number of ether oxygens (including phenoxy) is 1. The summed E-state index contributed by atoms with van der Waals surface area (Å²) in [5, 5.41) is 1.52. The van der Waals surface area contributed by atoms with Crippen LogP contribution in [0.25, 0.3) is 0 Å². The molecule has 4 rings (SSSR count). The van der Waals surface area contributed by atoms with Crippen molar-refractivity contribution in [1.82, 2.24) is 9.96 Å². The summed E-state index contributed by atoms with van der Waals surface area (Å²) in [6.07, 6.45) is 1.41. The van der Waals surface area contributed by atoms with Crippen LogP contribution in [0.5, 0.6) is 0 Å². The first-order valence-corrected chi connectivity index (χ1v) is 9.17. The molecule has 0 radical (unpaired) electrons. The first-order valence-electron chi connectivity index (χ1n) is 9.17. The molecule has 1 aromatic rings. The molecule has 1 amide bonds. The van der Waals surface area contributed by atoms with Crippen molar-refractivity contribution in [2.75, 3.05) is 39.5 Å². The zero-order chi connectivity index (χ0) is 17.2. The number of benzene rings is 1. The summed E-state index contributed by atoms with van der Waals surface area (Å²) in [7, 11) is 0. The summed E-state index contributed by atoms with van der Waals surface area (Å²) in [6, 6.07) is 6.80. The highest BCUT2D eigenvalue weighted by Crippen LogP contribution is 2.36. The molecule has 3 saturated heterocycles. The molecule has 5 nitrogen and oxygen atoms in total. The summed E-state index contributed by atoms with van der Waals surface area (Å²) in [5.74, 6) is 1.06. The third-order valence-electron chi connectivity index (χ3n) is 5.60. The maximum absolute atomic E-state index is 13.4. The standard InChI is InChI=1S/C19H25FN2O3/c20-17-4-1-3-14(7-17)9-21-10-16-13-24-12-15(18(16)11-21)8-19(23)22-5-2-6-25-22/h1,3-4,7,15-16,18H,2,5-6,8-13H2/t15-,16-,18+/m1/s1. The third-order valence-corrected chi connectivity index (χ3v) is 5.60. The fourth-order valence-electron chi connectivity index (χ4n) is 4.40. The molecule has 0 aliphatic carbocycles. The first-order chi connectivity index (χ1) is 12.2. The Bertz CT molecular complexity index is 620. The van der Waals surface area contributed by atoms with Crippen molar-refractivity contribution < 1.29 is 18.8 Å². The maximum Gasteiger partial charge on any atom is 0.246 e. The minimum Gasteiger partial charge on any atom is -0.381 e. The maximum atomic E-state index is 13.4. The van der Waals surface area contributed by atoms with Crippen molar-refractivity contribution in [3.05, 3.63) is 35.6 Å². The highest BCUT2D eigenvalue weighted by Gasteiger charge is 2.42. The highest BCUT2D eigenvalue weighted by molar-refractivity contribution is 5.75. The smallest absolute Gasteiger partial charge is 0.246 e. The van der Waals surface area contributed by atoms with Crippen LogP contribution in [-0.4, -0.2) is 55.3 Å². The van der Waals surface area contributed by atoms with E-state index >= 15 is 0 Å². The van der Waals surface area contributed by atoms with Crippen LogP contribution in [0.3, 0.4) is 0 Å². The van der Waals surface area contributed by atoms with Gasteiger partial charge in [-0.3, -0.25) is 14.5 Å². The fraction of sp³-hybridized carbons (Fsp3) is 0.632. The predicted octanol–water partition coefficient (Wildman–Crippen LogP) is 2.07. The lowest BCUT2D eigenvalue weighted by molar-refractivity contribution is -0.171. The molecule has 1 aromatic carbocycles. The molecule has 0 unspecified atom stereocenters. The summed E-state index contributed by atoms with van der Waals surface area (Å²) in [6.45, 7) is 5.40. The van der Waals surface area contributed by atoms with Gasteiger partial charge in [-0.25, -0.2) is 9.45 Å². The van der Waals surface area contributed by atoms with Crippen LogP contribution in [-0.2, 0) is 20.9 Å². The van der Waals surface area contributed by atoms with Gasteiger partial charge in [0.2, 0.25) is 5.91 Å². The van der Waals surface area contributed by atoms with Crippen molar-refractivity contribution in [3.8, 4) is 0 Å². The second kappa shape index (κ2) is 7.40. The van der Waals surface area contributed by atoms with Gasteiger partial charge in [0.1, 0.15) is 5.82 Å². The number of carbonyl (C=O) groups is 1. The lowest BCUT2D eigenvalue weighted by atomic mass is 9.81. The Morgan fingerprint density at radius 2 is 2.20 bits per heavy atom. The number of amides is 1. The Labute approximate surface area is 147 Å². The summed E-state index contributed by atoms with van der Waals surface area (Å²) >= 11 is 0. The zero-order valence-corrected chi connectivity index (χ0v) is 14.4. The van der Waals surface area contributed by atoms with E-state index in [1.807, 2.05) is 6.07 Å². The minimum atomic E-state index is -0.188. The average molecular weight is 348 g/mol. The van der Waals surface area contributed by atoms with Crippen molar-refractivity contribution >= 4 is 5.91 Å². The van der Waals surface area contributed by atoms with Crippen molar-refractivity contribution in [1.29, 1.82) is 0 Å². The third kappa shape index (κ3) is 3.86. The molecule has 3 fully saturated rings. The number of hydrogen-bond acceptors (Lipinski definition) is 4. The largest absolute Gasteiger partial charge is 0.381 e. The minimum absolute atomic E-state index is 0.0790. The average Bonchev–Trinajstić information content (AvgIpc) is 3.24. The van der Waals surface area contributed by atoms with Gasteiger partial charge in [-0.1, -0.05) is 12.1 Å². The molecule has 6 heteroatoms. The molecule has 3 aliphatic rings. The molecular weight excluding hydrogens is 323 g/mol. The first kappa shape index (κ1) is 16.9. The molecule has 25 heavy (non-hydrogen) atoms. The van der Waals surface area contributed by atoms with E-state index in [1.165, 1.54) is 11.1 Å². The molecule has 0 spiro atoms. The van der Waals surface area contributed by atoms with E-state index in [9.17, 15) is 9.18 Å². The van der Waals surface area contributed by atoms with Gasteiger partial charge in [0, 0.05) is 26.1 Å². The summed E-state index contributed by atoms with van der Waals surface area (Å²) in [5.41, 5.74) is 0.998. The molecule has 3 aliphatic heterocycles. The van der Waals surface area contributed by atoms with Gasteiger partial charge in [0.15, 0.2) is 0 Å². The monoisotopic (exact) mass is 348 g/mol. The Hall–Kier alpha value is -1.50. The van der Waals surface area contributed by atoms with Crippen LogP contribution in [0.1, 0.15) is 18.4 Å². The van der Waals surface area contributed by atoms with E-state index in [0.29, 0.717) is 38.0 Å². The van der Waals surface area contributed by atoms with Gasteiger partial charge in [-0.15, -0.1) is 0 Å². The Balaban J connectivity index is 1.37. The van der Waals surface area contributed by atoms with Crippen molar-refractivity contribution in [3.63, 3.8) is 0 Å². The van der Waals surface area contributed by atoms with Crippen LogP contribution in [0.4, 0.5) is 4.39 Å². The van der Waals surface area contributed by atoms with Gasteiger partial charge in [-0.05, 0) is 41.9 Å². The second-order valence-electron chi connectivity index (χ2n) is 7.43. The van der Waals surface area contributed by atoms with E-state index in [-0.39, 0.29) is 17.6 Å². The Kier molecular flexibility index (Phi) is 5.01. The molecule has 0 N–H and O–H groups in total. The van der Waals surface area contributed by atoms with Gasteiger partial charge in [-0.2, -0.15) is 0 Å². The van der Waals surface area contributed by atoms with Crippen LogP contribution >= 0.6 is 0 Å². The fourth-order valence-corrected chi connectivity index (χ4v) is 4.40. The highest BCUT2D eigenvalue weighted by atomic mass is 19.1. The van der Waals surface area contributed by atoms with E-state index in [0.717, 1.165) is 38.2 Å². The molecule has 3 atom stereocenters. The van der Waals surface area contributed by atoms with Gasteiger partial charge >= 0.3 is 0 Å². The predicted molar refractivity (Wildman–Crippen MR) is 89.9 cm³/mol. The molecule has 0 aromatic heterocycles. The molecule has 136 valence electrons. The SMILES string of the molecule is O=C(C[C@@H]1COC[C@H]2CN(Cc3cccc(F)c3)C[C@@H]12)N1CCCO1. The number of carbonyl (C=O) groups excluding carboxylic acids is 1. The summed E-state index contributed by atoms with van der Waals surface area (Å²) in [4.78, 5) is 20.1. The van der Waals surface area contributed by atoms with E-state index in [4.69, 9.17) is 9.57 Å². The van der Waals surface area contributed by atoms with Crippen LogP contribution in [0.15, 0.2) is 24.3 Å². The zero-order valence-electron chi connectivity index (χ0n) is 14.4. The Morgan fingerprint density at radius 1 is 1.28 bits per heavy atom. The number of fused-ring (bicyclic) bond motifs is 1. The normalized spacial score (nSPS) is 29.8. The van der Waals surface area contributed by atoms with Crippen molar-refractivity contribution in [2.45, 2.75) is 19.4 Å². The van der Waals surface area contributed by atoms with Crippen LogP contribution < -0.4 is 0 Å². The quantitative estimate of drug-likeness (QED) is 0.835. The van der Waals surface area contributed by atoms with E-state index in [1.54, 1.807) is 12.1 Å². The van der Waals surface area contributed by atoms with Crippen LogP contribution in [0, 0.1) is 23.6 Å². The second-order valence-corrected chi connectivity index (χ2v) is 7.43.